The Morgan fingerprint density at radius 3 is 2.39 bits per heavy atom. The summed E-state index contributed by atoms with van der Waals surface area (Å²) >= 11 is 5.95. The molecule has 0 aliphatic heterocycles. The summed E-state index contributed by atoms with van der Waals surface area (Å²) in [6.07, 6.45) is 0.330. The van der Waals surface area contributed by atoms with Crippen LogP contribution in [0.15, 0.2) is 24.3 Å². The Morgan fingerprint density at radius 1 is 1.33 bits per heavy atom. The van der Waals surface area contributed by atoms with Gasteiger partial charge in [-0.3, -0.25) is 0 Å². The number of aldehydes is 1. The average molecular weight is 285 g/mol. The van der Waals surface area contributed by atoms with E-state index in [4.69, 9.17) is 16.0 Å². The van der Waals surface area contributed by atoms with E-state index in [1.165, 1.54) is 0 Å². The topological polar surface area (TPSA) is 26.3 Å². The Hall–Kier alpha value is -0.643. The first-order valence-electron chi connectivity index (χ1n) is 6.06. The summed E-state index contributed by atoms with van der Waals surface area (Å²) in [7, 11) is -1.96. The zero-order valence-electron chi connectivity index (χ0n) is 11.7. The monoisotopic (exact) mass is 284 g/mol. The molecule has 0 saturated carbocycles. The van der Waals surface area contributed by atoms with Gasteiger partial charge < -0.3 is 9.22 Å². The number of carbonyl (C=O) groups excluding carboxylic acids is 1. The summed E-state index contributed by atoms with van der Waals surface area (Å²) in [6.45, 7) is 10.7. The second-order valence-electron chi connectivity index (χ2n) is 5.99. The lowest BCUT2D eigenvalue weighted by Crippen LogP contribution is -2.42. The number of hydrogen-bond donors (Lipinski definition) is 0. The molecule has 0 saturated heterocycles. The van der Waals surface area contributed by atoms with Crippen LogP contribution in [0.1, 0.15) is 32.4 Å². The van der Waals surface area contributed by atoms with E-state index in [2.05, 4.69) is 33.9 Å². The number of halogens is 1. The van der Waals surface area contributed by atoms with Crippen LogP contribution in [-0.2, 0) is 9.22 Å². The summed E-state index contributed by atoms with van der Waals surface area (Å²) in [5.41, 5.74) is 0.822. The molecule has 0 bridgehead atoms. The first-order chi connectivity index (χ1) is 8.17. The second-order valence-corrected chi connectivity index (χ2v) is 11.2. The Morgan fingerprint density at radius 2 is 1.94 bits per heavy atom. The fraction of sp³-hybridized carbons (Fsp3) is 0.500. The zero-order valence-corrected chi connectivity index (χ0v) is 13.4. The van der Waals surface area contributed by atoms with Crippen molar-refractivity contribution in [3.63, 3.8) is 0 Å². The number of benzene rings is 1. The molecular formula is C14H21ClO2Si. The molecule has 0 heterocycles. The lowest BCUT2D eigenvalue weighted by atomic mass is 10.1. The highest BCUT2D eigenvalue weighted by atomic mass is 35.5. The molecule has 4 heteroatoms. The predicted molar refractivity (Wildman–Crippen MR) is 78.5 cm³/mol. The molecule has 0 unspecified atom stereocenters. The van der Waals surface area contributed by atoms with Crippen LogP contribution in [0.4, 0.5) is 0 Å². The molecule has 0 aromatic heterocycles. The van der Waals surface area contributed by atoms with Gasteiger partial charge in [-0.25, -0.2) is 0 Å². The van der Waals surface area contributed by atoms with E-state index in [1.807, 2.05) is 12.1 Å². The van der Waals surface area contributed by atoms with E-state index in [0.717, 1.165) is 11.8 Å². The minimum Gasteiger partial charge on any atom is -0.403 e. The van der Waals surface area contributed by atoms with E-state index in [0.29, 0.717) is 5.02 Å². The van der Waals surface area contributed by atoms with Gasteiger partial charge in [0.15, 0.2) is 14.6 Å². The van der Waals surface area contributed by atoms with E-state index in [9.17, 15) is 4.79 Å². The SMILES string of the molecule is CC(C)(C)[Si](C)(C)O[C@H](C=O)c1cccc(Cl)c1. The molecule has 1 aromatic carbocycles. The highest BCUT2D eigenvalue weighted by molar-refractivity contribution is 6.74. The van der Waals surface area contributed by atoms with Crippen LogP contribution >= 0.6 is 11.6 Å². The summed E-state index contributed by atoms with van der Waals surface area (Å²) in [6, 6.07) is 7.29. The van der Waals surface area contributed by atoms with Crippen molar-refractivity contribution < 1.29 is 9.22 Å². The average Bonchev–Trinajstić information content (AvgIpc) is 2.24. The third-order valence-electron chi connectivity index (χ3n) is 3.53. The van der Waals surface area contributed by atoms with Gasteiger partial charge in [0.1, 0.15) is 6.10 Å². The molecule has 0 radical (unpaired) electrons. The first kappa shape index (κ1) is 15.4. The third kappa shape index (κ3) is 3.67. The first-order valence-corrected chi connectivity index (χ1v) is 9.34. The van der Waals surface area contributed by atoms with Crippen molar-refractivity contribution in [2.24, 2.45) is 0 Å². The molecular weight excluding hydrogens is 264 g/mol. The molecule has 0 spiro atoms. The maximum Gasteiger partial charge on any atom is 0.193 e. The van der Waals surface area contributed by atoms with Crippen LogP contribution in [0.3, 0.4) is 0 Å². The summed E-state index contributed by atoms with van der Waals surface area (Å²) in [5.74, 6) is 0. The Balaban J connectivity index is 2.96. The third-order valence-corrected chi connectivity index (χ3v) is 8.22. The van der Waals surface area contributed by atoms with Gasteiger partial charge in [0.2, 0.25) is 0 Å². The normalized spacial score (nSPS) is 14.3. The molecule has 2 nitrogen and oxygen atoms in total. The van der Waals surface area contributed by atoms with Crippen LogP contribution in [-0.4, -0.2) is 14.6 Å². The molecule has 0 aliphatic rings. The van der Waals surface area contributed by atoms with Gasteiger partial charge in [0.25, 0.3) is 0 Å². The van der Waals surface area contributed by atoms with E-state index in [-0.39, 0.29) is 5.04 Å². The van der Waals surface area contributed by atoms with E-state index < -0.39 is 14.4 Å². The number of carbonyl (C=O) groups is 1. The summed E-state index contributed by atoms with van der Waals surface area (Å²) in [5, 5.41) is 0.700. The quantitative estimate of drug-likeness (QED) is 0.596. The van der Waals surface area contributed by atoms with Crippen LogP contribution in [0.25, 0.3) is 0 Å². The number of rotatable bonds is 4. The van der Waals surface area contributed by atoms with Crippen LogP contribution < -0.4 is 0 Å². The molecule has 0 aliphatic carbocycles. The van der Waals surface area contributed by atoms with Crippen molar-refractivity contribution in [1.82, 2.24) is 0 Å². The smallest absolute Gasteiger partial charge is 0.193 e. The molecule has 0 N–H and O–H groups in total. The van der Waals surface area contributed by atoms with Crippen molar-refractivity contribution in [2.45, 2.75) is 45.0 Å². The summed E-state index contributed by atoms with van der Waals surface area (Å²) in [4.78, 5) is 11.3. The van der Waals surface area contributed by atoms with Crippen LogP contribution in [0, 0.1) is 0 Å². The van der Waals surface area contributed by atoms with Gasteiger partial charge in [-0.05, 0) is 35.8 Å². The largest absolute Gasteiger partial charge is 0.403 e. The van der Waals surface area contributed by atoms with Gasteiger partial charge in [-0.15, -0.1) is 0 Å². The van der Waals surface area contributed by atoms with E-state index in [1.54, 1.807) is 12.1 Å². The fourth-order valence-electron chi connectivity index (χ4n) is 1.35. The highest BCUT2D eigenvalue weighted by Gasteiger charge is 2.39. The molecule has 0 fully saturated rings. The van der Waals surface area contributed by atoms with Crippen molar-refractivity contribution in [3.05, 3.63) is 34.9 Å². The van der Waals surface area contributed by atoms with Gasteiger partial charge >= 0.3 is 0 Å². The Labute approximate surface area is 115 Å². The Bertz CT molecular complexity index is 424. The molecule has 1 aromatic rings. The lowest BCUT2D eigenvalue weighted by molar-refractivity contribution is -0.114. The molecule has 100 valence electrons. The van der Waals surface area contributed by atoms with Crippen molar-refractivity contribution in [2.75, 3.05) is 0 Å². The van der Waals surface area contributed by atoms with E-state index >= 15 is 0 Å². The van der Waals surface area contributed by atoms with Gasteiger partial charge in [0.05, 0.1) is 0 Å². The fourth-order valence-corrected chi connectivity index (χ4v) is 2.73. The standard InChI is InChI=1S/C14H21ClO2Si/c1-14(2,3)18(4,5)17-13(10-16)11-7-6-8-12(15)9-11/h6-10,13H,1-5H3/t13-/m1/s1. The summed E-state index contributed by atoms with van der Waals surface area (Å²) < 4.78 is 6.10. The molecule has 0 amide bonds. The van der Waals surface area contributed by atoms with Crippen LogP contribution in [0.2, 0.25) is 23.2 Å². The van der Waals surface area contributed by atoms with Crippen molar-refractivity contribution in [3.8, 4) is 0 Å². The maximum atomic E-state index is 11.3. The minimum absolute atomic E-state index is 0.0762. The maximum absolute atomic E-state index is 11.3. The zero-order chi connectivity index (χ0) is 14.0. The lowest BCUT2D eigenvalue weighted by Gasteiger charge is -2.38. The molecule has 18 heavy (non-hydrogen) atoms. The molecule has 1 atom stereocenters. The number of hydrogen-bond acceptors (Lipinski definition) is 2. The van der Waals surface area contributed by atoms with Gasteiger partial charge in [-0.1, -0.05) is 44.5 Å². The van der Waals surface area contributed by atoms with Gasteiger partial charge in [0, 0.05) is 5.02 Å². The van der Waals surface area contributed by atoms with Crippen LogP contribution in [0.5, 0.6) is 0 Å². The van der Waals surface area contributed by atoms with Crippen molar-refractivity contribution in [1.29, 1.82) is 0 Å². The van der Waals surface area contributed by atoms with Crippen molar-refractivity contribution >= 4 is 26.2 Å². The molecule has 1 rings (SSSR count). The highest BCUT2D eigenvalue weighted by Crippen LogP contribution is 2.39. The second kappa shape index (κ2) is 5.55. The minimum atomic E-state index is -1.96. The van der Waals surface area contributed by atoms with Gasteiger partial charge in [-0.2, -0.15) is 0 Å². The Kier molecular flexibility index (Phi) is 4.76. The predicted octanol–water partition coefficient (Wildman–Crippen LogP) is 4.60.